The van der Waals surface area contributed by atoms with Crippen molar-refractivity contribution in [3.05, 3.63) is 60.0 Å². The molecule has 0 unspecified atom stereocenters. The first kappa shape index (κ1) is 19.6. The average molecular weight is 405 g/mol. The van der Waals surface area contributed by atoms with Crippen molar-refractivity contribution in [2.75, 3.05) is 11.9 Å². The van der Waals surface area contributed by atoms with Gasteiger partial charge in [-0.25, -0.2) is 4.79 Å². The minimum atomic E-state index is -0.280. The Labute approximate surface area is 174 Å². The number of anilines is 1. The average Bonchev–Trinajstić information content (AvgIpc) is 3.52. The zero-order chi connectivity index (χ0) is 21.1. The lowest BCUT2D eigenvalue weighted by molar-refractivity contribution is 0.102. The molecular formula is C22H23N5O3. The van der Waals surface area contributed by atoms with Crippen LogP contribution < -0.4 is 10.6 Å². The van der Waals surface area contributed by atoms with E-state index in [1.54, 1.807) is 36.7 Å². The van der Waals surface area contributed by atoms with Gasteiger partial charge in [0.1, 0.15) is 5.75 Å². The minimum absolute atomic E-state index is 0.0258. The number of pyridine rings is 1. The van der Waals surface area contributed by atoms with E-state index < -0.39 is 0 Å². The van der Waals surface area contributed by atoms with Crippen molar-refractivity contribution in [3.63, 3.8) is 0 Å². The zero-order valence-electron chi connectivity index (χ0n) is 16.6. The molecule has 1 aliphatic rings. The molecule has 3 aromatic rings. The quantitative estimate of drug-likeness (QED) is 0.541. The summed E-state index contributed by atoms with van der Waals surface area (Å²) >= 11 is 0. The fourth-order valence-electron chi connectivity index (χ4n) is 3.19. The van der Waals surface area contributed by atoms with E-state index in [1.165, 1.54) is 10.7 Å². The van der Waals surface area contributed by atoms with Crippen molar-refractivity contribution < 1.29 is 14.7 Å². The maximum absolute atomic E-state index is 12.5. The summed E-state index contributed by atoms with van der Waals surface area (Å²) in [6.45, 7) is 2.56. The van der Waals surface area contributed by atoms with E-state index in [1.807, 2.05) is 13.0 Å². The third-order valence-electron chi connectivity index (χ3n) is 4.92. The third kappa shape index (κ3) is 4.17. The Morgan fingerprint density at radius 1 is 1.17 bits per heavy atom. The fourth-order valence-corrected chi connectivity index (χ4v) is 3.19. The Hall–Kier alpha value is -3.68. The zero-order valence-corrected chi connectivity index (χ0v) is 16.6. The first-order valence-corrected chi connectivity index (χ1v) is 9.99. The molecule has 8 heteroatoms. The molecule has 1 aromatic carbocycles. The van der Waals surface area contributed by atoms with Crippen molar-refractivity contribution in [1.29, 1.82) is 0 Å². The van der Waals surface area contributed by atoms with Gasteiger partial charge < -0.3 is 15.7 Å². The van der Waals surface area contributed by atoms with E-state index in [0.29, 0.717) is 35.0 Å². The number of aromatic hydroxyl groups is 1. The van der Waals surface area contributed by atoms with Crippen molar-refractivity contribution in [2.45, 2.75) is 32.1 Å². The van der Waals surface area contributed by atoms with Crippen LogP contribution in [0.15, 0.2) is 48.8 Å². The molecule has 154 valence electrons. The number of carbonyl (C=O) groups excluding carboxylic acids is 2. The summed E-state index contributed by atoms with van der Waals surface area (Å²) in [6.07, 6.45) is 5.96. The van der Waals surface area contributed by atoms with Crippen molar-refractivity contribution >= 4 is 17.6 Å². The number of amides is 2. The Bertz CT molecular complexity index is 1070. The molecule has 2 aromatic heterocycles. The number of rotatable bonds is 6. The molecule has 0 aliphatic heterocycles. The second-order valence-electron chi connectivity index (χ2n) is 7.29. The summed E-state index contributed by atoms with van der Waals surface area (Å²) in [7, 11) is 0. The molecule has 0 bridgehead atoms. The predicted octanol–water partition coefficient (Wildman–Crippen LogP) is 3.75. The lowest BCUT2D eigenvalue weighted by Crippen LogP contribution is -2.31. The van der Waals surface area contributed by atoms with Gasteiger partial charge in [0.05, 0.1) is 11.4 Å². The normalized spacial score (nSPS) is 13.1. The Morgan fingerprint density at radius 3 is 2.63 bits per heavy atom. The smallest absolute Gasteiger partial charge is 0.342 e. The van der Waals surface area contributed by atoms with Crippen LogP contribution >= 0.6 is 0 Å². The molecule has 0 atom stereocenters. The number of nitrogens with one attached hydrogen (secondary N) is 2. The molecule has 0 spiro atoms. The summed E-state index contributed by atoms with van der Waals surface area (Å²) in [5.41, 5.74) is 2.77. The molecule has 8 nitrogen and oxygen atoms in total. The van der Waals surface area contributed by atoms with Gasteiger partial charge in [-0.3, -0.25) is 9.78 Å². The molecule has 1 saturated carbocycles. The largest absolute Gasteiger partial charge is 0.507 e. The van der Waals surface area contributed by atoms with Gasteiger partial charge in [-0.2, -0.15) is 9.78 Å². The van der Waals surface area contributed by atoms with Gasteiger partial charge in [0.15, 0.2) is 0 Å². The molecule has 2 amide bonds. The van der Waals surface area contributed by atoms with Crippen LogP contribution in [-0.4, -0.2) is 38.4 Å². The maximum Gasteiger partial charge on any atom is 0.342 e. The third-order valence-corrected chi connectivity index (χ3v) is 4.92. The molecule has 1 aliphatic carbocycles. The van der Waals surface area contributed by atoms with Crippen LogP contribution in [0.4, 0.5) is 10.5 Å². The second-order valence-corrected chi connectivity index (χ2v) is 7.29. The summed E-state index contributed by atoms with van der Waals surface area (Å²) < 4.78 is 1.39. The van der Waals surface area contributed by atoms with Gasteiger partial charge in [-0.1, -0.05) is 6.92 Å². The summed E-state index contributed by atoms with van der Waals surface area (Å²) in [5, 5.41) is 20.5. The Kier molecular flexibility index (Phi) is 5.47. The Balaban J connectivity index is 1.63. The van der Waals surface area contributed by atoms with Crippen LogP contribution in [0.25, 0.3) is 11.3 Å². The number of phenols is 1. The summed E-state index contributed by atoms with van der Waals surface area (Å²) in [6, 6.07) is 9.58. The minimum Gasteiger partial charge on any atom is -0.507 e. The molecule has 30 heavy (non-hydrogen) atoms. The number of phenolic OH excluding ortho intramolecular Hbond substituents is 1. The highest BCUT2D eigenvalue weighted by molar-refractivity contribution is 6.04. The van der Waals surface area contributed by atoms with Crippen molar-refractivity contribution in [2.24, 2.45) is 0 Å². The van der Waals surface area contributed by atoms with E-state index in [0.717, 1.165) is 25.0 Å². The topological polar surface area (TPSA) is 109 Å². The van der Waals surface area contributed by atoms with Crippen LogP contribution in [0.2, 0.25) is 0 Å². The van der Waals surface area contributed by atoms with Gasteiger partial charge >= 0.3 is 6.03 Å². The molecule has 2 heterocycles. The standard InChI is InChI=1S/C22H23N5O3/c1-2-9-24-22(30)27-19(14-3-4-14)13-18(26-27)17-12-16(5-6-20(17)28)25-21(29)15-7-10-23-11-8-15/h5-8,10-14,28H,2-4,9H2,1H3,(H,24,30)(H,25,29). The van der Waals surface area contributed by atoms with Gasteiger partial charge in [0, 0.05) is 41.7 Å². The van der Waals surface area contributed by atoms with Crippen LogP contribution in [0, 0.1) is 0 Å². The van der Waals surface area contributed by atoms with Crippen LogP contribution in [0.3, 0.4) is 0 Å². The number of hydrogen-bond acceptors (Lipinski definition) is 5. The Morgan fingerprint density at radius 2 is 1.93 bits per heavy atom. The van der Waals surface area contributed by atoms with E-state index in [4.69, 9.17) is 0 Å². The molecule has 4 rings (SSSR count). The molecule has 3 N–H and O–H groups in total. The SMILES string of the molecule is CCCNC(=O)n1nc(-c2cc(NC(=O)c3ccncc3)ccc2O)cc1C1CC1. The first-order valence-electron chi connectivity index (χ1n) is 9.99. The summed E-state index contributed by atoms with van der Waals surface area (Å²) in [4.78, 5) is 28.8. The summed E-state index contributed by atoms with van der Waals surface area (Å²) in [5.74, 6) is 0.0467. The lowest BCUT2D eigenvalue weighted by atomic mass is 10.1. The highest BCUT2D eigenvalue weighted by Gasteiger charge is 2.30. The van der Waals surface area contributed by atoms with E-state index in [-0.39, 0.29) is 17.7 Å². The highest BCUT2D eigenvalue weighted by Crippen LogP contribution is 2.42. The maximum atomic E-state index is 12.5. The second kappa shape index (κ2) is 8.36. The van der Waals surface area contributed by atoms with Crippen molar-refractivity contribution in [1.82, 2.24) is 20.1 Å². The van der Waals surface area contributed by atoms with Crippen LogP contribution in [0.5, 0.6) is 5.75 Å². The molecule has 0 radical (unpaired) electrons. The monoisotopic (exact) mass is 405 g/mol. The fraction of sp³-hybridized carbons (Fsp3) is 0.273. The number of carbonyl (C=O) groups is 2. The lowest BCUT2D eigenvalue weighted by Gasteiger charge is -2.08. The van der Waals surface area contributed by atoms with E-state index in [2.05, 4.69) is 20.7 Å². The number of hydrogen-bond donors (Lipinski definition) is 3. The molecular weight excluding hydrogens is 382 g/mol. The van der Waals surface area contributed by atoms with Crippen molar-refractivity contribution in [3.8, 4) is 17.0 Å². The highest BCUT2D eigenvalue weighted by atomic mass is 16.3. The number of aromatic nitrogens is 3. The van der Waals surface area contributed by atoms with Gasteiger partial charge in [-0.05, 0) is 55.7 Å². The van der Waals surface area contributed by atoms with Crippen LogP contribution in [0.1, 0.15) is 48.2 Å². The first-order chi connectivity index (χ1) is 14.6. The van der Waals surface area contributed by atoms with Gasteiger partial charge in [-0.15, -0.1) is 0 Å². The molecule has 1 fully saturated rings. The van der Waals surface area contributed by atoms with Gasteiger partial charge in [0.25, 0.3) is 5.91 Å². The predicted molar refractivity (Wildman–Crippen MR) is 113 cm³/mol. The van der Waals surface area contributed by atoms with E-state index >= 15 is 0 Å². The number of nitrogens with zero attached hydrogens (tertiary/aromatic N) is 3. The van der Waals surface area contributed by atoms with E-state index in [9.17, 15) is 14.7 Å². The van der Waals surface area contributed by atoms with Crippen LogP contribution in [-0.2, 0) is 0 Å². The number of benzene rings is 1. The molecule has 0 saturated heterocycles. The van der Waals surface area contributed by atoms with Gasteiger partial charge in [0.2, 0.25) is 0 Å².